The van der Waals surface area contributed by atoms with Gasteiger partial charge in [-0.05, 0) is 54.3 Å². The zero-order valence-corrected chi connectivity index (χ0v) is 15.5. The Morgan fingerprint density at radius 1 is 0.923 bits per heavy atom. The van der Waals surface area contributed by atoms with Crippen LogP contribution in [-0.2, 0) is 10.2 Å². The number of urea groups is 1. The maximum Gasteiger partial charge on any atom is 0.316 e. The maximum absolute atomic E-state index is 12.3. The van der Waals surface area contributed by atoms with Crippen LogP contribution in [0.1, 0.15) is 33.3 Å². The normalized spacial score (nSPS) is 12.2. The maximum atomic E-state index is 12.3. The van der Waals surface area contributed by atoms with Crippen LogP contribution in [0.3, 0.4) is 0 Å². The summed E-state index contributed by atoms with van der Waals surface area (Å²) in [6, 6.07) is 13.8. The SMILES string of the molecule is CC(Oc1ccc(C(C)(C)C)cc1)C(=O)Nc1ccc(NC(N)=O)cc1. The number of nitrogens with one attached hydrogen (secondary N) is 2. The first-order chi connectivity index (χ1) is 12.1. The Morgan fingerprint density at radius 2 is 1.42 bits per heavy atom. The number of nitrogens with two attached hydrogens (primary N) is 1. The Bertz CT molecular complexity index is 762. The molecule has 3 amide bonds. The van der Waals surface area contributed by atoms with Crippen LogP contribution in [0, 0.1) is 0 Å². The molecule has 6 heteroatoms. The quantitative estimate of drug-likeness (QED) is 0.760. The summed E-state index contributed by atoms with van der Waals surface area (Å²) >= 11 is 0. The molecule has 138 valence electrons. The molecule has 2 aromatic carbocycles. The molecule has 0 fully saturated rings. The van der Waals surface area contributed by atoms with Crippen LogP contribution in [0.15, 0.2) is 48.5 Å². The molecule has 0 radical (unpaired) electrons. The van der Waals surface area contributed by atoms with Crippen molar-refractivity contribution < 1.29 is 14.3 Å². The number of carbonyl (C=O) groups excluding carboxylic acids is 2. The Kier molecular flexibility index (Phi) is 5.87. The van der Waals surface area contributed by atoms with Crippen LogP contribution in [0.5, 0.6) is 5.75 Å². The first kappa shape index (κ1) is 19.3. The van der Waals surface area contributed by atoms with E-state index in [4.69, 9.17) is 10.5 Å². The second kappa shape index (κ2) is 7.91. The first-order valence-electron chi connectivity index (χ1n) is 8.40. The molecule has 0 heterocycles. The fraction of sp³-hybridized carbons (Fsp3) is 0.300. The van der Waals surface area contributed by atoms with Gasteiger partial charge in [-0.25, -0.2) is 4.79 Å². The summed E-state index contributed by atoms with van der Waals surface area (Å²) in [4.78, 5) is 23.1. The predicted molar refractivity (Wildman–Crippen MR) is 104 cm³/mol. The summed E-state index contributed by atoms with van der Waals surface area (Å²) in [6.45, 7) is 8.12. The lowest BCUT2D eigenvalue weighted by atomic mass is 9.87. The highest BCUT2D eigenvalue weighted by atomic mass is 16.5. The molecule has 26 heavy (non-hydrogen) atoms. The number of ether oxygens (including phenoxy) is 1. The number of hydrogen-bond donors (Lipinski definition) is 3. The van der Waals surface area contributed by atoms with Crippen molar-refractivity contribution in [1.29, 1.82) is 0 Å². The number of primary amides is 1. The molecule has 0 aliphatic rings. The van der Waals surface area contributed by atoms with Crippen molar-refractivity contribution in [2.45, 2.75) is 39.2 Å². The first-order valence-corrected chi connectivity index (χ1v) is 8.40. The zero-order chi connectivity index (χ0) is 19.3. The minimum absolute atomic E-state index is 0.0665. The van der Waals surface area contributed by atoms with Crippen LogP contribution in [-0.4, -0.2) is 18.0 Å². The average molecular weight is 355 g/mol. The molecule has 0 aliphatic carbocycles. The molecule has 2 rings (SSSR count). The molecular weight excluding hydrogens is 330 g/mol. The van der Waals surface area contributed by atoms with Crippen molar-refractivity contribution in [1.82, 2.24) is 0 Å². The highest BCUT2D eigenvalue weighted by molar-refractivity contribution is 5.94. The van der Waals surface area contributed by atoms with E-state index in [1.807, 2.05) is 24.3 Å². The standard InChI is InChI=1S/C20H25N3O3/c1-13(26-17-11-5-14(6-12-17)20(2,3)4)18(24)22-15-7-9-16(10-8-15)23-19(21)25/h5-13H,1-4H3,(H,22,24)(H3,21,23,25). The molecule has 1 unspecified atom stereocenters. The Hall–Kier alpha value is -3.02. The van der Waals surface area contributed by atoms with Crippen LogP contribution < -0.4 is 21.1 Å². The van der Waals surface area contributed by atoms with E-state index in [2.05, 4.69) is 31.4 Å². The molecular formula is C20H25N3O3. The van der Waals surface area contributed by atoms with Crippen LogP contribution in [0.2, 0.25) is 0 Å². The third kappa shape index (κ3) is 5.51. The van der Waals surface area contributed by atoms with E-state index in [-0.39, 0.29) is 11.3 Å². The monoisotopic (exact) mass is 355 g/mol. The molecule has 0 aromatic heterocycles. The van der Waals surface area contributed by atoms with Gasteiger partial charge in [0, 0.05) is 11.4 Å². The van der Waals surface area contributed by atoms with Crippen molar-refractivity contribution >= 4 is 23.3 Å². The molecule has 0 bridgehead atoms. The topological polar surface area (TPSA) is 93.4 Å². The van der Waals surface area contributed by atoms with Crippen molar-refractivity contribution in [3.8, 4) is 5.75 Å². The summed E-state index contributed by atoms with van der Waals surface area (Å²) in [5.74, 6) is 0.377. The molecule has 0 aliphatic heterocycles. The fourth-order valence-corrected chi connectivity index (χ4v) is 2.31. The lowest BCUT2D eigenvalue weighted by molar-refractivity contribution is -0.122. The van der Waals surface area contributed by atoms with Crippen molar-refractivity contribution in [3.05, 3.63) is 54.1 Å². The summed E-state index contributed by atoms with van der Waals surface area (Å²) in [7, 11) is 0. The molecule has 0 saturated carbocycles. The summed E-state index contributed by atoms with van der Waals surface area (Å²) in [6.07, 6.45) is -0.654. The lowest BCUT2D eigenvalue weighted by Gasteiger charge is -2.20. The molecule has 6 nitrogen and oxygen atoms in total. The molecule has 0 saturated heterocycles. The van der Waals surface area contributed by atoms with Gasteiger partial charge in [0.2, 0.25) is 0 Å². The van der Waals surface area contributed by atoms with Gasteiger partial charge in [0.05, 0.1) is 0 Å². The second-order valence-electron chi connectivity index (χ2n) is 7.09. The van der Waals surface area contributed by atoms with Gasteiger partial charge in [-0.1, -0.05) is 32.9 Å². The summed E-state index contributed by atoms with van der Waals surface area (Å²) in [5, 5.41) is 5.23. The summed E-state index contributed by atoms with van der Waals surface area (Å²) in [5.41, 5.74) is 7.47. The number of anilines is 2. The molecule has 2 aromatic rings. The van der Waals surface area contributed by atoms with Gasteiger partial charge in [0.25, 0.3) is 5.91 Å². The minimum atomic E-state index is -0.654. The minimum Gasteiger partial charge on any atom is -0.481 e. The van der Waals surface area contributed by atoms with Crippen molar-refractivity contribution in [3.63, 3.8) is 0 Å². The highest BCUT2D eigenvalue weighted by Gasteiger charge is 2.17. The number of benzene rings is 2. The van der Waals surface area contributed by atoms with Crippen molar-refractivity contribution in [2.75, 3.05) is 10.6 Å². The van der Waals surface area contributed by atoms with E-state index in [9.17, 15) is 9.59 Å². The Labute approximate surface area is 153 Å². The van der Waals surface area contributed by atoms with Gasteiger partial charge in [0.15, 0.2) is 6.10 Å². The third-order valence-electron chi connectivity index (χ3n) is 3.82. The third-order valence-corrected chi connectivity index (χ3v) is 3.82. The average Bonchev–Trinajstić information content (AvgIpc) is 2.55. The van der Waals surface area contributed by atoms with E-state index < -0.39 is 12.1 Å². The van der Waals surface area contributed by atoms with Crippen molar-refractivity contribution in [2.24, 2.45) is 5.73 Å². The van der Waals surface area contributed by atoms with Crippen LogP contribution >= 0.6 is 0 Å². The van der Waals surface area contributed by atoms with Gasteiger partial charge in [-0.15, -0.1) is 0 Å². The van der Waals surface area contributed by atoms with E-state index in [0.717, 1.165) is 0 Å². The second-order valence-corrected chi connectivity index (χ2v) is 7.09. The lowest BCUT2D eigenvalue weighted by Crippen LogP contribution is -2.30. The van der Waals surface area contributed by atoms with E-state index in [0.29, 0.717) is 17.1 Å². The largest absolute Gasteiger partial charge is 0.481 e. The Morgan fingerprint density at radius 3 is 1.88 bits per heavy atom. The number of rotatable bonds is 5. The Balaban J connectivity index is 1.94. The van der Waals surface area contributed by atoms with E-state index in [1.165, 1.54) is 5.56 Å². The van der Waals surface area contributed by atoms with Gasteiger partial charge in [-0.2, -0.15) is 0 Å². The van der Waals surface area contributed by atoms with Gasteiger partial charge in [-0.3, -0.25) is 4.79 Å². The molecule has 0 spiro atoms. The van der Waals surface area contributed by atoms with Gasteiger partial charge >= 0.3 is 6.03 Å². The van der Waals surface area contributed by atoms with Gasteiger partial charge in [0.1, 0.15) is 5.75 Å². The number of hydrogen-bond acceptors (Lipinski definition) is 3. The zero-order valence-electron chi connectivity index (χ0n) is 15.5. The number of carbonyl (C=O) groups is 2. The van der Waals surface area contributed by atoms with Crippen LogP contribution in [0.25, 0.3) is 0 Å². The molecule has 1 atom stereocenters. The van der Waals surface area contributed by atoms with E-state index >= 15 is 0 Å². The summed E-state index contributed by atoms with van der Waals surface area (Å²) < 4.78 is 5.71. The number of amides is 3. The van der Waals surface area contributed by atoms with Gasteiger partial charge < -0.3 is 21.1 Å². The fourth-order valence-electron chi connectivity index (χ4n) is 2.31. The predicted octanol–water partition coefficient (Wildman–Crippen LogP) is 3.88. The highest BCUT2D eigenvalue weighted by Crippen LogP contribution is 2.24. The van der Waals surface area contributed by atoms with Crippen LogP contribution in [0.4, 0.5) is 16.2 Å². The van der Waals surface area contributed by atoms with E-state index in [1.54, 1.807) is 31.2 Å². The smallest absolute Gasteiger partial charge is 0.316 e. The molecule has 4 N–H and O–H groups in total.